The van der Waals surface area contributed by atoms with E-state index < -0.39 is 0 Å². The second kappa shape index (κ2) is 8.58. The van der Waals surface area contributed by atoms with Gasteiger partial charge < -0.3 is 15.5 Å². The number of hydrogen-bond donors (Lipinski definition) is 2. The molecule has 0 aromatic heterocycles. The van der Waals surface area contributed by atoms with Crippen molar-refractivity contribution in [3.8, 4) is 0 Å². The molecule has 1 atom stereocenters. The van der Waals surface area contributed by atoms with E-state index in [0.717, 1.165) is 11.1 Å². The highest BCUT2D eigenvalue weighted by Crippen LogP contribution is 2.22. The van der Waals surface area contributed by atoms with Gasteiger partial charge in [0.05, 0.1) is 19.0 Å². The first-order valence-corrected chi connectivity index (χ1v) is 8.70. The summed E-state index contributed by atoms with van der Waals surface area (Å²) in [6.45, 7) is 1.70. The van der Waals surface area contributed by atoms with Crippen LogP contribution in [0.4, 0.5) is 4.39 Å². The van der Waals surface area contributed by atoms with Crippen LogP contribution in [-0.4, -0.2) is 42.9 Å². The van der Waals surface area contributed by atoms with Crippen LogP contribution in [0.2, 0.25) is 0 Å². The molecule has 2 N–H and O–H groups in total. The fourth-order valence-electron chi connectivity index (χ4n) is 3.13. The highest BCUT2D eigenvalue weighted by atomic mass is 19.1. The molecule has 1 aliphatic rings. The summed E-state index contributed by atoms with van der Waals surface area (Å²) in [4.78, 5) is 26.4. The van der Waals surface area contributed by atoms with E-state index in [1.807, 2.05) is 36.4 Å². The maximum Gasteiger partial charge on any atom is 0.242 e. The minimum Gasteiger partial charge on any atom is -0.347 e. The maximum absolute atomic E-state index is 13.5. The molecule has 2 aromatic rings. The zero-order chi connectivity index (χ0) is 18.4. The average Bonchev–Trinajstić information content (AvgIpc) is 2.67. The Bertz CT molecular complexity index is 767. The van der Waals surface area contributed by atoms with E-state index in [1.54, 1.807) is 11.0 Å². The summed E-state index contributed by atoms with van der Waals surface area (Å²) in [6.07, 6.45) is 0.239. The molecule has 2 amide bonds. The lowest BCUT2D eigenvalue weighted by atomic mass is 10.0. The van der Waals surface area contributed by atoms with Gasteiger partial charge in [-0.3, -0.25) is 9.59 Å². The second-order valence-corrected chi connectivity index (χ2v) is 6.30. The fourth-order valence-corrected chi connectivity index (χ4v) is 3.13. The van der Waals surface area contributed by atoms with Crippen LogP contribution in [0.1, 0.15) is 17.2 Å². The lowest BCUT2D eigenvalue weighted by molar-refractivity contribution is -0.135. The van der Waals surface area contributed by atoms with Gasteiger partial charge in [0.1, 0.15) is 5.82 Å². The van der Waals surface area contributed by atoms with E-state index in [9.17, 15) is 14.0 Å². The molecule has 2 aromatic carbocycles. The lowest BCUT2D eigenvalue weighted by Crippen LogP contribution is -2.51. The number of nitrogens with one attached hydrogen (secondary N) is 2. The molecule has 1 fully saturated rings. The first-order chi connectivity index (χ1) is 12.6. The Labute approximate surface area is 152 Å². The van der Waals surface area contributed by atoms with Crippen LogP contribution in [0.5, 0.6) is 0 Å². The number of carbonyl (C=O) groups is 2. The molecule has 0 radical (unpaired) electrons. The van der Waals surface area contributed by atoms with Gasteiger partial charge in [0.2, 0.25) is 11.8 Å². The molecule has 136 valence electrons. The normalized spacial score (nSPS) is 17.0. The van der Waals surface area contributed by atoms with Gasteiger partial charge >= 0.3 is 0 Å². The molecular formula is C20H22FN3O2. The SMILES string of the molecule is O=C(Cc1ccccc1)NCC(=O)N1CCNCC1c1cccc(F)c1. The number of carbonyl (C=O) groups excluding carboxylic acids is 2. The van der Waals surface area contributed by atoms with Gasteiger partial charge in [-0.25, -0.2) is 4.39 Å². The summed E-state index contributed by atoms with van der Waals surface area (Å²) in [5, 5.41) is 5.92. The van der Waals surface area contributed by atoms with Gasteiger partial charge in [0.25, 0.3) is 0 Å². The number of benzene rings is 2. The summed E-state index contributed by atoms with van der Waals surface area (Å²) in [5.74, 6) is -0.680. The molecule has 5 nitrogen and oxygen atoms in total. The van der Waals surface area contributed by atoms with Crippen molar-refractivity contribution in [2.24, 2.45) is 0 Å². The van der Waals surface area contributed by atoms with Crippen LogP contribution < -0.4 is 10.6 Å². The third kappa shape index (κ3) is 4.67. The minimum atomic E-state index is -0.323. The van der Waals surface area contributed by atoms with E-state index in [0.29, 0.717) is 19.6 Å². The van der Waals surface area contributed by atoms with Crippen LogP contribution in [0.25, 0.3) is 0 Å². The number of nitrogens with zero attached hydrogens (tertiary/aromatic N) is 1. The topological polar surface area (TPSA) is 61.4 Å². The molecular weight excluding hydrogens is 333 g/mol. The number of rotatable bonds is 5. The predicted octanol–water partition coefficient (Wildman–Crippen LogP) is 1.66. The zero-order valence-electron chi connectivity index (χ0n) is 14.5. The van der Waals surface area contributed by atoms with Crippen LogP contribution >= 0.6 is 0 Å². The Morgan fingerprint density at radius 2 is 1.96 bits per heavy atom. The average molecular weight is 355 g/mol. The van der Waals surface area contributed by atoms with E-state index >= 15 is 0 Å². The van der Waals surface area contributed by atoms with Crippen molar-refractivity contribution in [2.75, 3.05) is 26.2 Å². The molecule has 0 saturated carbocycles. The van der Waals surface area contributed by atoms with Gasteiger partial charge in [-0.1, -0.05) is 42.5 Å². The molecule has 0 bridgehead atoms. The minimum absolute atomic E-state index is 0.0581. The van der Waals surface area contributed by atoms with E-state index in [2.05, 4.69) is 10.6 Å². The maximum atomic E-state index is 13.5. The molecule has 1 aliphatic heterocycles. The van der Waals surface area contributed by atoms with Gasteiger partial charge in [-0.2, -0.15) is 0 Å². The Morgan fingerprint density at radius 1 is 1.15 bits per heavy atom. The van der Waals surface area contributed by atoms with Gasteiger partial charge in [-0.05, 0) is 23.3 Å². The van der Waals surface area contributed by atoms with Gasteiger partial charge in [0.15, 0.2) is 0 Å². The third-order valence-corrected chi connectivity index (χ3v) is 4.44. The number of amides is 2. The first-order valence-electron chi connectivity index (χ1n) is 8.70. The summed E-state index contributed by atoms with van der Waals surface area (Å²) >= 11 is 0. The molecule has 6 heteroatoms. The molecule has 26 heavy (non-hydrogen) atoms. The molecule has 1 heterocycles. The van der Waals surface area contributed by atoms with E-state index in [4.69, 9.17) is 0 Å². The fraction of sp³-hybridized carbons (Fsp3) is 0.300. The summed E-state index contributed by atoms with van der Waals surface area (Å²) in [6, 6.07) is 15.4. The van der Waals surface area contributed by atoms with E-state index in [-0.39, 0.29) is 36.6 Å². The highest BCUT2D eigenvalue weighted by molar-refractivity contribution is 5.86. The third-order valence-electron chi connectivity index (χ3n) is 4.44. The molecule has 0 aliphatic carbocycles. The molecule has 0 spiro atoms. The summed E-state index contributed by atoms with van der Waals surface area (Å²) in [5.41, 5.74) is 1.65. The van der Waals surface area contributed by atoms with Crippen molar-refractivity contribution in [2.45, 2.75) is 12.5 Å². The van der Waals surface area contributed by atoms with Crippen molar-refractivity contribution >= 4 is 11.8 Å². The van der Waals surface area contributed by atoms with Crippen molar-refractivity contribution in [1.29, 1.82) is 0 Å². The number of hydrogen-bond acceptors (Lipinski definition) is 3. The first kappa shape index (κ1) is 18.1. The number of piperazine rings is 1. The quantitative estimate of drug-likeness (QED) is 0.858. The largest absolute Gasteiger partial charge is 0.347 e. The molecule has 3 rings (SSSR count). The predicted molar refractivity (Wildman–Crippen MR) is 96.9 cm³/mol. The summed E-state index contributed by atoms with van der Waals surface area (Å²) in [7, 11) is 0. The van der Waals surface area contributed by atoms with Crippen molar-refractivity contribution in [1.82, 2.24) is 15.5 Å². The van der Waals surface area contributed by atoms with Crippen LogP contribution in [-0.2, 0) is 16.0 Å². The second-order valence-electron chi connectivity index (χ2n) is 6.30. The van der Waals surface area contributed by atoms with Gasteiger partial charge in [-0.15, -0.1) is 0 Å². The monoisotopic (exact) mass is 355 g/mol. The van der Waals surface area contributed by atoms with Crippen LogP contribution in [0, 0.1) is 5.82 Å². The smallest absolute Gasteiger partial charge is 0.242 e. The van der Waals surface area contributed by atoms with Crippen LogP contribution in [0.15, 0.2) is 54.6 Å². The Hall–Kier alpha value is -2.73. The Kier molecular flexibility index (Phi) is 5.96. The van der Waals surface area contributed by atoms with Crippen LogP contribution in [0.3, 0.4) is 0 Å². The zero-order valence-corrected chi connectivity index (χ0v) is 14.5. The van der Waals surface area contributed by atoms with Crippen molar-refractivity contribution in [3.63, 3.8) is 0 Å². The standard InChI is InChI=1S/C20H22FN3O2/c21-17-8-4-7-16(12-17)18-13-22-9-10-24(18)20(26)14-23-19(25)11-15-5-2-1-3-6-15/h1-8,12,18,22H,9-11,13-14H2,(H,23,25). The summed E-state index contributed by atoms with van der Waals surface area (Å²) < 4.78 is 13.5. The van der Waals surface area contributed by atoms with Crippen molar-refractivity contribution < 1.29 is 14.0 Å². The Morgan fingerprint density at radius 3 is 2.73 bits per heavy atom. The van der Waals surface area contributed by atoms with Crippen molar-refractivity contribution in [3.05, 3.63) is 71.5 Å². The highest BCUT2D eigenvalue weighted by Gasteiger charge is 2.28. The molecule has 1 unspecified atom stereocenters. The molecule has 1 saturated heterocycles. The Balaban J connectivity index is 1.59. The van der Waals surface area contributed by atoms with E-state index in [1.165, 1.54) is 12.1 Å². The lowest BCUT2D eigenvalue weighted by Gasteiger charge is -2.36. The van der Waals surface area contributed by atoms with Gasteiger partial charge in [0, 0.05) is 19.6 Å². The number of halogens is 1.